The molecule has 27 heavy (non-hydrogen) atoms. The normalized spacial score (nSPS) is 10.2. The Hall–Kier alpha value is -3.02. The molecule has 2 aromatic carbocycles. The zero-order valence-electron chi connectivity index (χ0n) is 16.2. The predicted octanol–water partition coefficient (Wildman–Crippen LogP) is 3.12. The van der Waals surface area contributed by atoms with Crippen molar-refractivity contribution < 1.29 is 19.1 Å². The molecule has 0 aliphatic heterocycles. The van der Waals surface area contributed by atoms with Crippen LogP contribution in [0.15, 0.2) is 42.5 Å². The summed E-state index contributed by atoms with van der Waals surface area (Å²) in [7, 11) is 3.15. The molecule has 0 radical (unpaired) electrons. The second-order valence-corrected chi connectivity index (χ2v) is 5.93. The molecule has 0 atom stereocenters. The lowest BCUT2D eigenvalue weighted by Crippen LogP contribution is -2.30. The second kappa shape index (κ2) is 9.62. The second-order valence-electron chi connectivity index (χ2n) is 5.93. The van der Waals surface area contributed by atoms with Crippen LogP contribution >= 0.6 is 0 Å². The Bertz CT molecular complexity index is 783. The Labute approximate surface area is 160 Å². The lowest BCUT2D eigenvalue weighted by atomic mass is 10.1. The fraction of sp³-hybridized carbons (Fsp3) is 0.333. The molecular formula is C21H26N2O4. The SMILES string of the molecule is CCN(CC)C(=O)c1ccc(C(=O)NCc2ccc(OC)c(OC)c2)cc1. The van der Waals surface area contributed by atoms with Crippen LogP contribution in [0.4, 0.5) is 0 Å². The summed E-state index contributed by atoms with van der Waals surface area (Å²) in [5.41, 5.74) is 1.98. The molecule has 2 rings (SSSR count). The van der Waals surface area contributed by atoms with E-state index in [0.29, 0.717) is 42.3 Å². The number of hydrogen-bond acceptors (Lipinski definition) is 4. The van der Waals surface area contributed by atoms with Crippen molar-refractivity contribution in [1.82, 2.24) is 10.2 Å². The summed E-state index contributed by atoms with van der Waals surface area (Å²) in [5, 5.41) is 2.87. The maximum atomic E-state index is 12.4. The quantitative estimate of drug-likeness (QED) is 0.775. The zero-order valence-corrected chi connectivity index (χ0v) is 16.2. The summed E-state index contributed by atoms with van der Waals surface area (Å²) in [4.78, 5) is 26.4. The van der Waals surface area contributed by atoms with Gasteiger partial charge in [-0.15, -0.1) is 0 Å². The molecule has 0 bridgehead atoms. The maximum Gasteiger partial charge on any atom is 0.253 e. The Kier molecular flexibility index (Phi) is 7.23. The number of carbonyl (C=O) groups excluding carboxylic acids is 2. The minimum Gasteiger partial charge on any atom is -0.493 e. The van der Waals surface area contributed by atoms with E-state index < -0.39 is 0 Å². The van der Waals surface area contributed by atoms with Crippen LogP contribution in [0.3, 0.4) is 0 Å². The van der Waals surface area contributed by atoms with Crippen molar-refractivity contribution in [2.75, 3.05) is 27.3 Å². The molecule has 0 aliphatic carbocycles. The lowest BCUT2D eigenvalue weighted by Gasteiger charge is -2.18. The first-order valence-electron chi connectivity index (χ1n) is 8.92. The summed E-state index contributed by atoms with van der Waals surface area (Å²) in [6.07, 6.45) is 0. The smallest absolute Gasteiger partial charge is 0.253 e. The largest absolute Gasteiger partial charge is 0.493 e. The van der Waals surface area contributed by atoms with Crippen LogP contribution in [0.25, 0.3) is 0 Å². The van der Waals surface area contributed by atoms with Crippen molar-refractivity contribution in [3.63, 3.8) is 0 Å². The molecule has 0 fully saturated rings. The van der Waals surface area contributed by atoms with Gasteiger partial charge in [0.05, 0.1) is 14.2 Å². The summed E-state index contributed by atoms with van der Waals surface area (Å²) in [5.74, 6) is 1.02. The molecule has 0 aliphatic rings. The van der Waals surface area contributed by atoms with E-state index in [1.807, 2.05) is 26.0 Å². The van der Waals surface area contributed by atoms with Gasteiger partial charge in [-0.3, -0.25) is 9.59 Å². The van der Waals surface area contributed by atoms with Crippen molar-refractivity contribution in [2.24, 2.45) is 0 Å². The highest BCUT2D eigenvalue weighted by molar-refractivity contribution is 5.97. The number of benzene rings is 2. The van der Waals surface area contributed by atoms with E-state index >= 15 is 0 Å². The van der Waals surface area contributed by atoms with Gasteiger partial charge >= 0.3 is 0 Å². The van der Waals surface area contributed by atoms with E-state index in [2.05, 4.69) is 5.32 Å². The Balaban J connectivity index is 2.01. The van der Waals surface area contributed by atoms with Crippen molar-refractivity contribution in [3.8, 4) is 11.5 Å². The highest BCUT2D eigenvalue weighted by Gasteiger charge is 2.13. The van der Waals surface area contributed by atoms with E-state index in [0.717, 1.165) is 5.56 Å². The molecule has 0 unspecified atom stereocenters. The minimum atomic E-state index is -0.202. The van der Waals surface area contributed by atoms with Crippen LogP contribution in [0.2, 0.25) is 0 Å². The van der Waals surface area contributed by atoms with Gasteiger partial charge in [0.15, 0.2) is 11.5 Å². The van der Waals surface area contributed by atoms with Gasteiger partial charge in [-0.25, -0.2) is 0 Å². The third kappa shape index (κ3) is 5.00. The Morgan fingerprint density at radius 2 is 1.48 bits per heavy atom. The standard InChI is InChI=1S/C21H26N2O4/c1-5-23(6-2)21(25)17-10-8-16(9-11-17)20(24)22-14-15-7-12-18(26-3)19(13-15)27-4/h7-13H,5-6,14H2,1-4H3,(H,22,24). The van der Waals surface area contributed by atoms with E-state index in [4.69, 9.17) is 9.47 Å². The predicted molar refractivity (Wildman–Crippen MR) is 104 cm³/mol. The highest BCUT2D eigenvalue weighted by Crippen LogP contribution is 2.27. The molecule has 0 heterocycles. The first-order valence-corrected chi connectivity index (χ1v) is 8.92. The fourth-order valence-corrected chi connectivity index (χ4v) is 2.73. The van der Waals surface area contributed by atoms with Gasteiger partial charge in [0.2, 0.25) is 0 Å². The van der Waals surface area contributed by atoms with Crippen LogP contribution in [0.5, 0.6) is 11.5 Å². The van der Waals surface area contributed by atoms with Crippen molar-refractivity contribution in [3.05, 3.63) is 59.2 Å². The van der Waals surface area contributed by atoms with Gasteiger partial charge in [0.25, 0.3) is 11.8 Å². The monoisotopic (exact) mass is 370 g/mol. The van der Waals surface area contributed by atoms with Gasteiger partial charge in [-0.2, -0.15) is 0 Å². The number of rotatable bonds is 8. The number of carbonyl (C=O) groups is 2. The fourth-order valence-electron chi connectivity index (χ4n) is 2.73. The molecule has 0 saturated heterocycles. The van der Waals surface area contributed by atoms with Crippen LogP contribution in [-0.4, -0.2) is 44.0 Å². The molecule has 0 aromatic heterocycles. The van der Waals surface area contributed by atoms with Gasteiger partial charge in [0.1, 0.15) is 0 Å². The first kappa shape index (κ1) is 20.3. The minimum absolute atomic E-state index is 0.0303. The molecule has 2 aromatic rings. The van der Waals surface area contributed by atoms with Crippen LogP contribution in [-0.2, 0) is 6.54 Å². The highest BCUT2D eigenvalue weighted by atomic mass is 16.5. The summed E-state index contributed by atoms with van der Waals surface area (Å²) in [6, 6.07) is 12.2. The van der Waals surface area contributed by atoms with Gasteiger partial charge in [-0.05, 0) is 55.8 Å². The summed E-state index contributed by atoms with van der Waals surface area (Å²) >= 11 is 0. The number of nitrogens with one attached hydrogen (secondary N) is 1. The van der Waals surface area contributed by atoms with Crippen molar-refractivity contribution in [1.29, 1.82) is 0 Å². The van der Waals surface area contributed by atoms with Crippen LogP contribution < -0.4 is 14.8 Å². The molecule has 6 heteroatoms. The van der Waals surface area contributed by atoms with Crippen molar-refractivity contribution >= 4 is 11.8 Å². The number of amides is 2. The molecule has 1 N–H and O–H groups in total. The van der Waals surface area contributed by atoms with E-state index in [9.17, 15) is 9.59 Å². The third-order valence-corrected chi connectivity index (χ3v) is 4.35. The number of hydrogen-bond donors (Lipinski definition) is 1. The molecule has 6 nitrogen and oxygen atoms in total. The van der Waals surface area contributed by atoms with Crippen LogP contribution in [0.1, 0.15) is 40.1 Å². The molecule has 144 valence electrons. The lowest BCUT2D eigenvalue weighted by molar-refractivity contribution is 0.0772. The third-order valence-electron chi connectivity index (χ3n) is 4.35. The average molecular weight is 370 g/mol. The molecule has 2 amide bonds. The molecular weight excluding hydrogens is 344 g/mol. The van der Waals surface area contributed by atoms with Crippen molar-refractivity contribution in [2.45, 2.75) is 20.4 Å². The Morgan fingerprint density at radius 1 is 0.889 bits per heavy atom. The van der Waals surface area contributed by atoms with Gasteiger partial charge in [-0.1, -0.05) is 6.07 Å². The van der Waals surface area contributed by atoms with E-state index in [1.54, 1.807) is 49.5 Å². The zero-order chi connectivity index (χ0) is 19.8. The van der Waals surface area contributed by atoms with Gasteiger partial charge in [0, 0.05) is 30.8 Å². The summed E-state index contributed by atoms with van der Waals surface area (Å²) < 4.78 is 10.5. The Morgan fingerprint density at radius 3 is 2.04 bits per heavy atom. The number of ether oxygens (including phenoxy) is 2. The first-order chi connectivity index (χ1) is 13.0. The van der Waals surface area contributed by atoms with Crippen LogP contribution in [0, 0.1) is 0 Å². The molecule has 0 spiro atoms. The number of nitrogens with zero attached hydrogens (tertiary/aromatic N) is 1. The van der Waals surface area contributed by atoms with E-state index in [1.165, 1.54) is 0 Å². The average Bonchev–Trinajstić information content (AvgIpc) is 2.72. The summed E-state index contributed by atoms with van der Waals surface area (Å²) in [6.45, 7) is 5.56. The maximum absolute atomic E-state index is 12.4. The van der Waals surface area contributed by atoms with Gasteiger partial charge < -0.3 is 19.7 Å². The van der Waals surface area contributed by atoms with E-state index in [-0.39, 0.29) is 11.8 Å². The topological polar surface area (TPSA) is 67.9 Å². The number of methoxy groups -OCH3 is 2. The molecule has 0 saturated carbocycles.